The van der Waals surface area contributed by atoms with Gasteiger partial charge >= 0.3 is 5.97 Å². The second-order valence-corrected chi connectivity index (χ2v) is 4.26. The maximum atomic E-state index is 12.2. The molecule has 0 saturated heterocycles. The molecule has 1 N–H and O–H groups in total. The Bertz CT molecular complexity index is 578. The van der Waals surface area contributed by atoms with Crippen molar-refractivity contribution in [1.29, 1.82) is 0 Å². The highest BCUT2D eigenvalue weighted by Gasteiger charge is 2.31. The minimum atomic E-state index is -0.574. The van der Waals surface area contributed by atoms with Crippen LogP contribution >= 0.6 is 0 Å². The maximum Gasteiger partial charge on any atom is 0.311 e. The quantitative estimate of drug-likeness (QED) is 0.469. The summed E-state index contributed by atoms with van der Waals surface area (Å²) in [5.41, 5.74) is -0.168. The van der Waals surface area contributed by atoms with Crippen molar-refractivity contribution in [3.8, 4) is 28.7 Å². The van der Waals surface area contributed by atoms with Crippen molar-refractivity contribution in [3.05, 3.63) is 5.56 Å². The first-order chi connectivity index (χ1) is 10.5. The van der Waals surface area contributed by atoms with Crippen molar-refractivity contribution in [3.63, 3.8) is 0 Å². The molecule has 0 aliphatic rings. The van der Waals surface area contributed by atoms with Crippen molar-refractivity contribution in [2.75, 3.05) is 21.3 Å². The number of ether oxygens (including phenoxy) is 4. The molecule has 0 unspecified atom stereocenters. The van der Waals surface area contributed by atoms with E-state index in [9.17, 15) is 14.7 Å². The number of hydrogen-bond donors (Lipinski definition) is 1. The number of carbonyl (C=O) groups excluding carboxylic acids is 2. The van der Waals surface area contributed by atoms with Gasteiger partial charge in [-0.2, -0.15) is 0 Å². The summed E-state index contributed by atoms with van der Waals surface area (Å²) in [7, 11) is 3.99. The van der Waals surface area contributed by atoms with Crippen LogP contribution in [0.3, 0.4) is 0 Å². The SMILES string of the molecule is CCC(=O)Oc1c(OC)c(OC)c(OC)c(O)c1C(=O)CC. The number of aromatic hydroxyl groups is 1. The number of hydrogen-bond acceptors (Lipinski definition) is 7. The molecule has 1 aromatic rings. The van der Waals surface area contributed by atoms with Gasteiger partial charge in [-0.25, -0.2) is 0 Å². The molecule has 0 aromatic heterocycles. The minimum absolute atomic E-state index is 0.00995. The number of phenols is 1. The zero-order valence-electron chi connectivity index (χ0n) is 13.3. The number of rotatable bonds is 7. The van der Waals surface area contributed by atoms with E-state index in [1.807, 2.05) is 0 Å². The fourth-order valence-electron chi connectivity index (χ4n) is 1.93. The number of esters is 1. The number of benzene rings is 1. The smallest absolute Gasteiger partial charge is 0.311 e. The van der Waals surface area contributed by atoms with Gasteiger partial charge in [-0.05, 0) is 0 Å². The summed E-state index contributed by atoms with van der Waals surface area (Å²) in [4.78, 5) is 23.8. The zero-order valence-corrected chi connectivity index (χ0v) is 13.3. The van der Waals surface area contributed by atoms with Gasteiger partial charge in [0.05, 0.1) is 21.3 Å². The molecule has 0 amide bonds. The van der Waals surface area contributed by atoms with Crippen LogP contribution in [0.15, 0.2) is 0 Å². The van der Waals surface area contributed by atoms with Crippen LogP contribution in [0, 0.1) is 0 Å². The van der Waals surface area contributed by atoms with Gasteiger partial charge in [0.15, 0.2) is 17.3 Å². The van der Waals surface area contributed by atoms with Crippen LogP contribution < -0.4 is 18.9 Å². The fourth-order valence-corrected chi connectivity index (χ4v) is 1.93. The largest absolute Gasteiger partial charge is 0.504 e. The highest BCUT2D eigenvalue weighted by molar-refractivity contribution is 6.04. The first-order valence-electron chi connectivity index (χ1n) is 6.75. The molecule has 0 bridgehead atoms. The third-order valence-corrected chi connectivity index (χ3v) is 3.01. The fraction of sp³-hybridized carbons (Fsp3) is 0.467. The Morgan fingerprint density at radius 3 is 1.77 bits per heavy atom. The van der Waals surface area contributed by atoms with Crippen LogP contribution in [-0.2, 0) is 4.79 Å². The molecule has 22 heavy (non-hydrogen) atoms. The molecule has 0 radical (unpaired) electrons. The Labute approximate surface area is 128 Å². The van der Waals surface area contributed by atoms with Gasteiger partial charge in [-0.3, -0.25) is 9.59 Å². The first-order valence-corrected chi connectivity index (χ1v) is 6.75. The van der Waals surface area contributed by atoms with E-state index < -0.39 is 17.5 Å². The van der Waals surface area contributed by atoms with Crippen molar-refractivity contribution >= 4 is 11.8 Å². The summed E-state index contributed by atoms with van der Waals surface area (Å²) in [6, 6.07) is 0. The minimum Gasteiger partial charge on any atom is -0.504 e. The average molecular weight is 312 g/mol. The number of methoxy groups -OCH3 is 3. The van der Waals surface area contributed by atoms with Gasteiger partial charge < -0.3 is 24.1 Å². The van der Waals surface area contributed by atoms with Crippen LogP contribution in [0.4, 0.5) is 0 Å². The summed E-state index contributed by atoms with van der Waals surface area (Å²) in [6.45, 7) is 3.23. The molecule has 7 nitrogen and oxygen atoms in total. The van der Waals surface area contributed by atoms with Gasteiger partial charge in [0.2, 0.25) is 17.2 Å². The van der Waals surface area contributed by atoms with E-state index in [1.54, 1.807) is 13.8 Å². The van der Waals surface area contributed by atoms with Gasteiger partial charge in [0.25, 0.3) is 0 Å². The molecule has 0 fully saturated rings. The second kappa shape index (κ2) is 7.53. The van der Waals surface area contributed by atoms with E-state index in [1.165, 1.54) is 21.3 Å². The lowest BCUT2D eigenvalue weighted by atomic mass is 10.0. The monoisotopic (exact) mass is 312 g/mol. The van der Waals surface area contributed by atoms with Crippen LogP contribution in [0.5, 0.6) is 28.7 Å². The lowest BCUT2D eigenvalue weighted by Gasteiger charge is -2.19. The predicted octanol–water partition coefficient (Wildman–Crippen LogP) is 2.33. The van der Waals surface area contributed by atoms with Crippen molar-refractivity contribution in [1.82, 2.24) is 0 Å². The Hall–Kier alpha value is -2.44. The van der Waals surface area contributed by atoms with E-state index in [-0.39, 0.29) is 41.4 Å². The van der Waals surface area contributed by atoms with E-state index in [0.29, 0.717) is 0 Å². The number of phenolic OH excluding ortho intramolecular Hbond substituents is 1. The van der Waals surface area contributed by atoms with Crippen molar-refractivity contribution in [2.24, 2.45) is 0 Å². The van der Waals surface area contributed by atoms with E-state index in [4.69, 9.17) is 18.9 Å². The van der Waals surface area contributed by atoms with Gasteiger partial charge in [0.1, 0.15) is 5.56 Å². The number of Topliss-reactive ketones (excluding diaryl/α,β-unsaturated/α-hetero) is 1. The standard InChI is InChI=1S/C15H20O7/c1-6-8(16)10-11(18)13(19-3)15(21-5)14(20-4)12(10)22-9(17)7-2/h18H,6-7H2,1-5H3. The van der Waals surface area contributed by atoms with Crippen molar-refractivity contribution in [2.45, 2.75) is 26.7 Å². The molecule has 0 aliphatic carbocycles. The number of carbonyl (C=O) groups is 2. The Morgan fingerprint density at radius 2 is 1.36 bits per heavy atom. The molecule has 1 rings (SSSR count). The molecular weight excluding hydrogens is 292 g/mol. The summed E-state index contributed by atoms with van der Waals surface area (Å²) in [5.74, 6) is -1.63. The van der Waals surface area contributed by atoms with Crippen LogP contribution in [0.1, 0.15) is 37.0 Å². The van der Waals surface area contributed by atoms with E-state index in [2.05, 4.69) is 0 Å². The molecule has 0 spiro atoms. The lowest BCUT2D eigenvalue weighted by Crippen LogP contribution is -2.12. The zero-order chi connectivity index (χ0) is 16.9. The molecule has 122 valence electrons. The summed E-state index contributed by atoms with van der Waals surface area (Å²) in [5, 5.41) is 10.3. The van der Waals surface area contributed by atoms with Crippen LogP contribution in [0.25, 0.3) is 0 Å². The molecule has 0 aliphatic heterocycles. The molecule has 7 heteroatoms. The van der Waals surface area contributed by atoms with E-state index >= 15 is 0 Å². The summed E-state index contributed by atoms with van der Waals surface area (Å²) >= 11 is 0. The topological polar surface area (TPSA) is 91.3 Å². The highest BCUT2D eigenvalue weighted by Crippen LogP contribution is 2.53. The Balaban J connectivity index is 3.77. The average Bonchev–Trinajstić information content (AvgIpc) is 2.53. The van der Waals surface area contributed by atoms with E-state index in [0.717, 1.165) is 0 Å². The molecule has 0 heterocycles. The molecular formula is C15H20O7. The Morgan fingerprint density at radius 1 is 0.864 bits per heavy atom. The normalized spacial score (nSPS) is 10.0. The Kier molecular flexibility index (Phi) is 6.03. The predicted molar refractivity (Wildman–Crippen MR) is 78.3 cm³/mol. The van der Waals surface area contributed by atoms with Gasteiger partial charge in [-0.15, -0.1) is 0 Å². The summed E-state index contributed by atoms with van der Waals surface area (Å²) in [6.07, 6.45) is 0.195. The van der Waals surface area contributed by atoms with Crippen LogP contribution in [-0.4, -0.2) is 38.2 Å². The third-order valence-electron chi connectivity index (χ3n) is 3.01. The van der Waals surface area contributed by atoms with Gasteiger partial charge in [-0.1, -0.05) is 13.8 Å². The summed E-state index contributed by atoms with van der Waals surface area (Å²) < 4.78 is 20.6. The lowest BCUT2D eigenvalue weighted by molar-refractivity contribution is -0.134. The highest BCUT2D eigenvalue weighted by atomic mass is 16.6. The van der Waals surface area contributed by atoms with Crippen LogP contribution in [0.2, 0.25) is 0 Å². The molecule has 0 saturated carbocycles. The number of ketones is 1. The second-order valence-electron chi connectivity index (χ2n) is 4.26. The molecule has 0 atom stereocenters. The molecule has 1 aromatic carbocycles. The first kappa shape index (κ1) is 17.6. The third kappa shape index (κ3) is 3.08. The van der Waals surface area contributed by atoms with Gasteiger partial charge in [0, 0.05) is 12.8 Å². The maximum absolute atomic E-state index is 12.2. The van der Waals surface area contributed by atoms with Crippen molar-refractivity contribution < 1.29 is 33.6 Å².